The zero-order valence-electron chi connectivity index (χ0n) is 17.4. The predicted octanol–water partition coefficient (Wildman–Crippen LogP) is 4.25. The first-order chi connectivity index (χ1) is 16.3. The molecule has 0 radical (unpaired) electrons. The van der Waals surface area contributed by atoms with Gasteiger partial charge in [0, 0.05) is 24.2 Å². The molecular formula is C22H17F3N4O5. The van der Waals surface area contributed by atoms with Crippen LogP contribution in [0.25, 0.3) is 0 Å². The lowest BCUT2D eigenvalue weighted by Gasteiger charge is -2.33. The summed E-state index contributed by atoms with van der Waals surface area (Å²) < 4.78 is 63.8. The van der Waals surface area contributed by atoms with Crippen LogP contribution in [0.2, 0.25) is 0 Å². The van der Waals surface area contributed by atoms with E-state index in [2.05, 4.69) is 15.7 Å². The van der Waals surface area contributed by atoms with Crippen molar-refractivity contribution in [3.05, 3.63) is 53.7 Å². The number of carbonyl (C=O) groups excluding carboxylic acids is 1. The molecule has 0 fully saturated rings. The molecule has 34 heavy (non-hydrogen) atoms. The largest absolute Gasteiger partial charge is 0.454 e. The highest BCUT2D eigenvalue weighted by Gasteiger charge is 2.47. The van der Waals surface area contributed by atoms with E-state index in [-0.39, 0.29) is 31.5 Å². The van der Waals surface area contributed by atoms with Crippen LogP contribution in [-0.4, -0.2) is 35.4 Å². The highest BCUT2D eigenvalue weighted by molar-refractivity contribution is 6.03. The van der Waals surface area contributed by atoms with Crippen molar-refractivity contribution < 1.29 is 36.9 Å². The quantitative estimate of drug-likeness (QED) is 0.586. The van der Waals surface area contributed by atoms with Crippen molar-refractivity contribution in [3.63, 3.8) is 0 Å². The van der Waals surface area contributed by atoms with Crippen molar-refractivity contribution in [3.8, 4) is 23.0 Å². The van der Waals surface area contributed by atoms with E-state index in [4.69, 9.17) is 18.9 Å². The standard InChI is InChI=1S/C22H17F3N4O5/c23-22(24,25)19-7-13(11-1-3-15-17(5-11)33-9-31-15)27-20-8-14(28-29(19)20)21(30)26-12-2-4-16-18(6-12)34-10-32-16/h1-6,8,13,19,27H,7,9-10H2,(H,26,30)/t13-,19+/m1/s1. The van der Waals surface area contributed by atoms with E-state index in [9.17, 15) is 18.0 Å². The number of alkyl halides is 3. The molecule has 9 nitrogen and oxygen atoms in total. The molecular weight excluding hydrogens is 457 g/mol. The van der Waals surface area contributed by atoms with Gasteiger partial charge in [0.05, 0.1) is 6.04 Å². The van der Waals surface area contributed by atoms with Crippen LogP contribution in [0.15, 0.2) is 42.5 Å². The number of anilines is 2. The molecule has 3 aliphatic heterocycles. The van der Waals surface area contributed by atoms with Crippen LogP contribution >= 0.6 is 0 Å². The lowest BCUT2D eigenvalue weighted by Crippen LogP contribution is -2.35. The highest BCUT2D eigenvalue weighted by atomic mass is 19.4. The van der Waals surface area contributed by atoms with Crippen molar-refractivity contribution >= 4 is 17.4 Å². The number of amides is 1. The van der Waals surface area contributed by atoms with Gasteiger partial charge in [0.2, 0.25) is 13.6 Å². The summed E-state index contributed by atoms with van der Waals surface area (Å²) in [5.41, 5.74) is 0.858. The summed E-state index contributed by atoms with van der Waals surface area (Å²) >= 11 is 0. The van der Waals surface area contributed by atoms with Gasteiger partial charge in [-0.1, -0.05) is 6.07 Å². The average molecular weight is 474 g/mol. The van der Waals surface area contributed by atoms with Gasteiger partial charge >= 0.3 is 6.18 Å². The second-order valence-electron chi connectivity index (χ2n) is 7.98. The number of aromatic nitrogens is 2. The number of fused-ring (bicyclic) bond motifs is 3. The van der Waals surface area contributed by atoms with E-state index in [0.29, 0.717) is 34.2 Å². The maximum absolute atomic E-state index is 14.0. The lowest BCUT2D eigenvalue weighted by atomic mass is 9.96. The van der Waals surface area contributed by atoms with Crippen LogP contribution in [0, 0.1) is 0 Å². The summed E-state index contributed by atoms with van der Waals surface area (Å²) in [5.74, 6) is 1.47. The zero-order valence-corrected chi connectivity index (χ0v) is 17.4. The fraction of sp³-hybridized carbons (Fsp3) is 0.273. The van der Waals surface area contributed by atoms with Crippen LogP contribution in [0.1, 0.15) is 34.6 Å². The van der Waals surface area contributed by atoms with E-state index in [1.54, 1.807) is 36.4 Å². The molecule has 4 heterocycles. The molecule has 0 unspecified atom stereocenters. The minimum absolute atomic E-state index is 0.0661. The number of nitrogens with zero attached hydrogens (tertiary/aromatic N) is 2. The van der Waals surface area contributed by atoms with E-state index in [1.807, 2.05) is 0 Å². The molecule has 0 bridgehead atoms. The third-order valence-corrected chi connectivity index (χ3v) is 5.85. The second kappa shape index (κ2) is 7.47. The van der Waals surface area contributed by atoms with E-state index >= 15 is 0 Å². The third kappa shape index (κ3) is 3.51. The van der Waals surface area contributed by atoms with Crippen LogP contribution in [0.4, 0.5) is 24.7 Å². The molecule has 0 spiro atoms. The van der Waals surface area contributed by atoms with Gasteiger partial charge in [-0.25, -0.2) is 4.68 Å². The first-order valence-electron chi connectivity index (χ1n) is 10.4. The highest BCUT2D eigenvalue weighted by Crippen LogP contribution is 2.45. The lowest BCUT2D eigenvalue weighted by molar-refractivity contribution is -0.173. The minimum atomic E-state index is -4.57. The van der Waals surface area contributed by atoms with E-state index < -0.39 is 24.2 Å². The smallest absolute Gasteiger partial charge is 0.410 e. The third-order valence-electron chi connectivity index (χ3n) is 5.85. The first-order valence-corrected chi connectivity index (χ1v) is 10.4. The van der Waals surface area contributed by atoms with Crippen LogP contribution in [0.5, 0.6) is 23.0 Å². The summed E-state index contributed by atoms with van der Waals surface area (Å²) in [6.45, 7) is 0.145. The number of hydrogen-bond acceptors (Lipinski definition) is 7. The van der Waals surface area contributed by atoms with Gasteiger partial charge in [-0.05, 0) is 29.8 Å². The molecule has 2 aromatic carbocycles. The summed E-state index contributed by atoms with van der Waals surface area (Å²) in [4.78, 5) is 12.8. The molecule has 1 amide bonds. The van der Waals surface area contributed by atoms with Crippen molar-refractivity contribution in [2.75, 3.05) is 24.2 Å². The van der Waals surface area contributed by atoms with Crippen molar-refractivity contribution in [1.29, 1.82) is 0 Å². The Balaban J connectivity index is 1.28. The fourth-order valence-electron chi connectivity index (χ4n) is 4.20. The SMILES string of the molecule is O=C(Nc1ccc2c(c1)OCO2)c1cc2n(n1)[C@H](C(F)(F)F)C[C@H](c1ccc3c(c1)OCO3)N2. The van der Waals surface area contributed by atoms with Gasteiger partial charge in [-0.3, -0.25) is 4.79 Å². The minimum Gasteiger partial charge on any atom is -0.454 e. The van der Waals surface area contributed by atoms with Gasteiger partial charge < -0.3 is 29.6 Å². The molecule has 0 saturated heterocycles. The van der Waals surface area contributed by atoms with Crippen molar-refractivity contribution in [2.45, 2.75) is 24.7 Å². The Morgan fingerprint density at radius 3 is 2.38 bits per heavy atom. The molecule has 3 aromatic rings. The Kier molecular flexibility index (Phi) is 4.51. The maximum atomic E-state index is 14.0. The van der Waals surface area contributed by atoms with Gasteiger partial charge in [-0.2, -0.15) is 18.3 Å². The number of rotatable bonds is 3. The monoisotopic (exact) mass is 474 g/mol. The molecule has 6 rings (SSSR count). The fourth-order valence-corrected chi connectivity index (χ4v) is 4.20. The van der Waals surface area contributed by atoms with Gasteiger partial charge in [-0.15, -0.1) is 0 Å². The van der Waals surface area contributed by atoms with Crippen LogP contribution < -0.4 is 29.6 Å². The second-order valence-corrected chi connectivity index (χ2v) is 7.98. The normalized spacial score (nSPS) is 20.0. The van der Waals surface area contributed by atoms with Crippen molar-refractivity contribution in [1.82, 2.24) is 9.78 Å². The Bertz CT molecular complexity index is 1290. The predicted molar refractivity (Wildman–Crippen MR) is 111 cm³/mol. The van der Waals surface area contributed by atoms with Crippen molar-refractivity contribution in [2.24, 2.45) is 0 Å². The van der Waals surface area contributed by atoms with Gasteiger partial charge in [0.1, 0.15) is 5.82 Å². The Morgan fingerprint density at radius 1 is 0.971 bits per heavy atom. The number of halogens is 3. The molecule has 0 aliphatic carbocycles. The molecule has 2 atom stereocenters. The maximum Gasteiger partial charge on any atom is 0.410 e. The summed E-state index contributed by atoms with van der Waals surface area (Å²) in [7, 11) is 0. The van der Waals surface area contributed by atoms with Gasteiger partial charge in [0.15, 0.2) is 34.7 Å². The van der Waals surface area contributed by atoms with E-state index in [1.165, 1.54) is 6.07 Å². The Hall–Kier alpha value is -4.09. The summed E-state index contributed by atoms with van der Waals surface area (Å²) in [5, 5.41) is 9.67. The zero-order chi connectivity index (χ0) is 23.4. The van der Waals surface area contributed by atoms with Crippen LogP contribution in [0.3, 0.4) is 0 Å². The molecule has 3 aliphatic rings. The van der Waals surface area contributed by atoms with E-state index in [0.717, 1.165) is 4.68 Å². The number of carbonyl (C=O) groups is 1. The summed E-state index contributed by atoms with van der Waals surface area (Å²) in [6, 6.07) is 8.55. The van der Waals surface area contributed by atoms with Crippen LogP contribution in [-0.2, 0) is 0 Å². The molecule has 12 heteroatoms. The number of benzene rings is 2. The number of hydrogen-bond donors (Lipinski definition) is 2. The van der Waals surface area contributed by atoms with Gasteiger partial charge in [0.25, 0.3) is 5.91 Å². The molecule has 1 aromatic heterocycles. The average Bonchev–Trinajstić information content (AvgIpc) is 3.55. The number of nitrogens with one attached hydrogen (secondary N) is 2. The number of ether oxygens (including phenoxy) is 4. The molecule has 2 N–H and O–H groups in total. The topological polar surface area (TPSA) is 95.9 Å². The molecule has 176 valence electrons. The molecule has 0 saturated carbocycles. The summed E-state index contributed by atoms with van der Waals surface area (Å²) in [6.07, 6.45) is -4.87. The Labute approximate surface area is 190 Å². The Morgan fingerprint density at radius 2 is 1.65 bits per heavy atom. The first kappa shape index (κ1) is 20.5.